The number of nitrogens with one attached hydrogen (secondary N) is 3. The first-order valence-electron chi connectivity index (χ1n) is 15.9. The first kappa shape index (κ1) is 34.8. The van der Waals surface area contributed by atoms with Crippen molar-refractivity contribution >= 4 is 52.2 Å². The van der Waals surface area contributed by atoms with E-state index >= 15 is 0 Å². The monoisotopic (exact) mass is 647 g/mol. The van der Waals surface area contributed by atoms with Crippen molar-refractivity contribution in [3.05, 3.63) is 41.7 Å². The highest BCUT2D eigenvalue weighted by molar-refractivity contribution is 5.95. The fourth-order valence-electron chi connectivity index (χ4n) is 5.29. The molecule has 0 saturated carbocycles. The molecule has 4 amide bonds. The highest BCUT2D eigenvalue weighted by atomic mass is 16.2. The summed E-state index contributed by atoms with van der Waals surface area (Å²) in [6, 6.07) is 6.34. The van der Waals surface area contributed by atoms with Gasteiger partial charge in [-0.1, -0.05) is 13.8 Å². The summed E-state index contributed by atoms with van der Waals surface area (Å²) in [4.78, 5) is 70.9. The van der Waals surface area contributed by atoms with E-state index in [0.717, 1.165) is 18.5 Å². The van der Waals surface area contributed by atoms with Gasteiger partial charge in [-0.05, 0) is 62.8 Å². The molecule has 1 aromatic carbocycles. The van der Waals surface area contributed by atoms with Crippen LogP contribution in [0.25, 0.3) is 11.2 Å². The zero-order chi connectivity index (χ0) is 34.1. The molecule has 0 spiro atoms. The smallest absolute Gasteiger partial charge is 0.251 e. The van der Waals surface area contributed by atoms with Crippen LogP contribution >= 0.6 is 0 Å². The average Bonchev–Trinajstić information content (AvgIpc) is 3.53. The number of anilines is 3. The second kappa shape index (κ2) is 16.0. The molecule has 15 heteroatoms. The maximum Gasteiger partial charge on any atom is 0.251 e. The molecule has 0 bridgehead atoms. The Kier molecular flexibility index (Phi) is 11.8. The van der Waals surface area contributed by atoms with E-state index < -0.39 is 6.04 Å². The summed E-state index contributed by atoms with van der Waals surface area (Å²) in [5, 5.41) is 8.49. The van der Waals surface area contributed by atoms with Crippen molar-refractivity contribution < 1.29 is 19.2 Å². The maximum atomic E-state index is 12.8. The number of nitrogen functional groups attached to an aromatic ring is 2. The van der Waals surface area contributed by atoms with E-state index in [9.17, 15) is 19.2 Å². The van der Waals surface area contributed by atoms with Gasteiger partial charge >= 0.3 is 0 Å². The van der Waals surface area contributed by atoms with Crippen LogP contribution < -0.4 is 32.3 Å². The van der Waals surface area contributed by atoms with Crippen molar-refractivity contribution in [3.63, 3.8) is 0 Å². The van der Waals surface area contributed by atoms with Crippen molar-refractivity contribution in [1.29, 1.82) is 0 Å². The molecule has 4 rings (SSSR count). The number of aromatic nitrogens is 4. The van der Waals surface area contributed by atoms with Crippen molar-refractivity contribution in [2.45, 2.75) is 71.5 Å². The van der Waals surface area contributed by atoms with Crippen molar-refractivity contribution in [2.75, 3.05) is 43.0 Å². The zero-order valence-corrected chi connectivity index (χ0v) is 27.5. The molecule has 0 radical (unpaired) electrons. The van der Waals surface area contributed by atoms with Gasteiger partial charge in [0, 0.05) is 43.9 Å². The average molecular weight is 648 g/mol. The predicted molar refractivity (Wildman–Crippen MR) is 179 cm³/mol. The van der Waals surface area contributed by atoms with E-state index in [-0.39, 0.29) is 54.4 Å². The Balaban J connectivity index is 1.18. The Bertz CT molecular complexity index is 1580. The molecule has 7 N–H and O–H groups in total. The Hall–Kier alpha value is -5.08. The summed E-state index contributed by atoms with van der Waals surface area (Å²) in [6.45, 7) is 7.34. The van der Waals surface area contributed by atoms with E-state index in [0.29, 0.717) is 60.8 Å². The summed E-state index contributed by atoms with van der Waals surface area (Å²) < 4.78 is 0. The van der Waals surface area contributed by atoms with Crippen LogP contribution in [0.5, 0.6) is 0 Å². The van der Waals surface area contributed by atoms with Gasteiger partial charge in [-0.25, -0.2) is 9.97 Å². The van der Waals surface area contributed by atoms with Crippen LogP contribution in [0.1, 0.15) is 68.9 Å². The molecule has 3 aromatic rings. The number of fused-ring (bicyclic) bond motifs is 1. The first-order valence-corrected chi connectivity index (χ1v) is 15.9. The van der Waals surface area contributed by atoms with Gasteiger partial charge in [-0.3, -0.25) is 19.2 Å². The van der Waals surface area contributed by atoms with Crippen molar-refractivity contribution in [1.82, 2.24) is 40.8 Å². The molecule has 15 nitrogen and oxygen atoms in total. The summed E-state index contributed by atoms with van der Waals surface area (Å²) in [5.41, 5.74) is 14.3. The number of benzene rings is 1. The number of amides is 4. The quantitative estimate of drug-likeness (QED) is 0.169. The largest absolute Gasteiger partial charge is 0.382 e. The molecule has 252 valence electrons. The highest BCUT2D eigenvalue weighted by Crippen LogP contribution is 2.20. The minimum absolute atomic E-state index is 0.0361. The number of hydrogen-bond donors (Lipinski definition) is 5. The number of carbonyl (C=O) groups excluding carboxylic acids is 4. The molecular formula is C32H45N11O4. The Morgan fingerprint density at radius 3 is 2.49 bits per heavy atom. The highest BCUT2D eigenvalue weighted by Gasteiger charge is 2.33. The third-order valence-electron chi connectivity index (χ3n) is 7.99. The molecule has 1 saturated heterocycles. The summed E-state index contributed by atoms with van der Waals surface area (Å²) >= 11 is 0. The molecule has 2 unspecified atom stereocenters. The first-order chi connectivity index (χ1) is 22.4. The molecule has 3 heterocycles. The number of nitrogens with zero attached hydrogens (tertiary/aromatic N) is 6. The van der Waals surface area contributed by atoms with Gasteiger partial charge < -0.3 is 37.2 Å². The summed E-state index contributed by atoms with van der Waals surface area (Å²) in [6.07, 6.45) is 4.38. The second-order valence-corrected chi connectivity index (χ2v) is 12.3. The molecule has 1 aliphatic rings. The van der Waals surface area contributed by atoms with E-state index in [1.54, 1.807) is 23.2 Å². The van der Waals surface area contributed by atoms with Crippen LogP contribution in [0.4, 0.5) is 17.5 Å². The lowest BCUT2D eigenvalue weighted by Gasteiger charge is -2.24. The fourth-order valence-corrected chi connectivity index (χ4v) is 5.29. The molecule has 0 aliphatic carbocycles. The van der Waals surface area contributed by atoms with Crippen LogP contribution in [0.3, 0.4) is 0 Å². The third kappa shape index (κ3) is 9.70. The summed E-state index contributed by atoms with van der Waals surface area (Å²) in [5.74, 6) is -0.289. The van der Waals surface area contributed by atoms with Gasteiger partial charge in [0.1, 0.15) is 6.04 Å². The molecule has 1 fully saturated rings. The number of hydrogen-bond acceptors (Lipinski definition) is 11. The lowest BCUT2D eigenvalue weighted by atomic mass is 10.1. The second-order valence-electron chi connectivity index (χ2n) is 12.3. The van der Waals surface area contributed by atoms with Crippen LogP contribution in [0.2, 0.25) is 0 Å². The normalized spacial score (nSPS) is 15.0. The number of nitrogens with two attached hydrogens (primary N) is 2. The van der Waals surface area contributed by atoms with Gasteiger partial charge in [-0.2, -0.15) is 9.97 Å². The van der Waals surface area contributed by atoms with E-state index in [1.807, 2.05) is 31.0 Å². The van der Waals surface area contributed by atoms with E-state index in [2.05, 4.69) is 49.7 Å². The van der Waals surface area contributed by atoms with Gasteiger partial charge in [0.25, 0.3) is 5.91 Å². The zero-order valence-electron chi connectivity index (χ0n) is 27.5. The van der Waals surface area contributed by atoms with Gasteiger partial charge in [0.05, 0.1) is 25.0 Å². The Morgan fingerprint density at radius 1 is 1.02 bits per heavy atom. The van der Waals surface area contributed by atoms with Gasteiger partial charge in [0.15, 0.2) is 17.0 Å². The van der Waals surface area contributed by atoms with Crippen molar-refractivity contribution in [2.24, 2.45) is 5.92 Å². The molecular weight excluding hydrogens is 602 g/mol. The third-order valence-corrected chi connectivity index (χ3v) is 7.99. The molecule has 2 atom stereocenters. The topological polar surface area (TPSA) is 214 Å². The molecule has 1 aliphatic heterocycles. The Labute approximate surface area is 274 Å². The fraction of sp³-hybridized carbons (Fsp3) is 0.500. The molecule has 2 aromatic heterocycles. The van der Waals surface area contributed by atoms with Crippen LogP contribution in [-0.2, 0) is 20.9 Å². The number of likely N-dealkylation sites (tertiary alicyclic amines) is 1. The summed E-state index contributed by atoms with van der Waals surface area (Å²) in [7, 11) is 1.89. The van der Waals surface area contributed by atoms with Gasteiger partial charge in [0.2, 0.25) is 23.7 Å². The van der Waals surface area contributed by atoms with Crippen LogP contribution in [0.15, 0.2) is 30.5 Å². The van der Waals surface area contributed by atoms with Crippen molar-refractivity contribution in [3.8, 4) is 0 Å². The SMILES string of the molecule is CC(C)CCNC(=O)C1CCCN1C(=O)CNC(=O)CCC(C)NC(=O)c1ccc(N(C)Cc2cnc3nc(N)nc(N)c3n2)cc1. The van der Waals surface area contributed by atoms with E-state index in [1.165, 1.54) is 0 Å². The minimum Gasteiger partial charge on any atom is -0.382 e. The van der Waals surface area contributed by atoms with Gasteiger partial charge in [-0.15, -0.1) is 0 Å². The maximum absolute atomic E-state index is 12.8. The van der Waals surface area contributed by atoms with Crippen LogP contribution in [0, 0.1) is 5.92 Å². The lowest BCUT2D eigenvalue weighted by Crippen LogP contribution is -2.49. The minimum atomic E-state index is -0.494. The standard InChI is InChI=1S/C32H45N11O4/c1-19(2)13-14-35-31(47)24-6-5-15-43(24)26(45)17-36-25(44)12-7-20(3)38-30(46)21-8-10-23(11-9-21)42(4)18-22-16-37-29-27(39-22)28(33)40-32(34)41-29/h8-11,16,19-20,24H,5-7,12-15,17-18H2,1-4H3,(H,35,47)(H,36,44)(H,38,46)(H4,33,34,37,40,41). The van der Waals surface area contributed by atoms with E-state index in [4.69, 9.17) is 11.5 Å². The Morgan fingerprint density at radius 2 is 1.77 bits per heavy atom. The van der Waals surface area contributed by atoms with Crippen LogP contribution in [-0.4, -0.2) is 87.2 Å². The lowest BCUT2D eigenvalue weighted by molar-refractivity contribution is -0.138. The molecule has 47 heavy (non-hydrogen) atoms. The number of rotatable bonds is 14. The predicted octanol–water partition coefficient (Wildman–Crippen LogP) is 1.39. The number of carbonyl (C=O) groups is 4.